The second kappa shape index (κ2) is 5.62. The summed E-state index contributed by atoms with van der Waals surface area (Å²) in [4.78, 5) is 12.3. The molecular formula is C18H23BClNO3. The number of rotatable bonds is 2. The maximum atomic E-state index is 12.3. The van der Waals surface area contributed by atoms with Crippen LogP contribution in [0.1, 0.15) is 47.6 Å². The zero-order valence-corrected chi connectivity index (χ0v) is 15.8. The van der Waals surface area contributed by atoms with Gasteiger partial charge in [0.2, 0.25) is 0 Å². The van der Waals surface area contributed by atoms with Gasteiger partial charge in [0.15, 0.2) is 5.43 Å². The van der Waals surface area contributed by atoms with Crippen molar-refractivity contribution < 1.29 is 9.31 Å². The lowest BCUT2D eigenvalue weighted by atomic mass is 9.78. The Morgan fingerprint density at radius 1 is 1.12 bits per heavy atom. The molecule has 2 heterocycles. The SMILES string of the molecule is CC(C)n1ccc(=O)c2c(Cl)cc(B3OC(C)(C)C(C)(C)O3)cc21. The summed E-state index contributed by atoms with van der Waals surface area (Å²) in [6, 6.07) is 5.49. The van der Waals surface area contributed by atoms with Crippen molar-refractivity contribution in [2.75, 3.05) is 0 Å². The molecular weight excluding hydrogens is 324 g/mol. The van der Waals surface area contributed by atoms with E-state index in [4.69, 9.17) is 20.9 Å². The third-order valence-corrected chi connectivity index (χ3v) is 5.38. The van der Waals surface area contributed by atoms with E-state index >= 15 is 0 Å². The van der Waals surface area contributed by atoms with Crippen LogP contribution in [0.3, 0.4) is 0 Å². The van der Waals surface area contributed by atoms with E-state index in [1.807, 2.05) is 38.3 Å². The Hall–Kier alpha value is -1.30. The van der Waals surface area contributed by atoms with Crippen molar-refractivity contribution in [1.29, 1.82) is 0 Å². The van der Waals surface area contributed by atoms with Crippen molar-refractivity contribution in [2.45, 2.75) is 58.8 Å². The first-order valence-corrected chi connectivity index (χ1v) is 8.61. The molecule has 128 valence electrons. The molecule has 0 N–H and O–H groups in total. The van der Waals surface area contributed by atoms with Gasteiger partial charge in [0.1, 0.15) is 0 Å². The number of hydrogen-bond donors (Lipinski definition) is 0. The van der Waals surface area contributed by atoms with Gasteiger partial charge >= 0.3 is 7.12 Å². The molecule has 0 amide bonds. The molecule has 0 spiro atoms. The number of nitrogens with zero attached hydrogens (tertiary/aromatic N) is 1. The van der Waals surface area contributed by atoms with Crippen LogP contribution in [-0.4, -0.2) is 22.9 Å². The van der Waals surface area contributed by atoms with E-state index in [9.17, 15) is 4.79 Å². The summed E-state index contributed by atoms with van der Waals surface area (Å²) >= 11 is 6.44. The Labute approximate surface area is 147 Å². The summed E-state index contributed by atoms with van der Waals surface area (Å²) in [5.41, 5.74) is 0.703. The first kappa shape index (κ1) is 17.5. The molecule has 6 heteroatoms. The van der Waals surface area contributed by atoms with E-state index in [0.29, 0.717) is 10.4 Å². The second-order valence-corrected chi connectivity index (χ2v) is 8.07. The average molecular weight is 348 g/mol. The number of pyridine rings is 1. The third kappa shape index (κ3) is 2.69. The van der Waals surface area contributed by atoms with E-state index < -0.39 is 18.3 Å². The Morgan fingerprint density at radius 3 is 2.25 bits per heavy atom. The van der Waals surface area contributed by atoms with E-state index in [0.717, 1.165) is 11.0 Å². The fourth-order valence-corrected chi connectivity index (χ4v) is 3.25. The van der Waals surface area contributed by atoms with Crippen LogP contribution in [0.2, 0.25) is 5.02 Å². The smallest absolute Gasteiger partial charge is 0.399 e. The van der Waals surface area contributed by atoms with Crippen LogP contribution in [-0.2, 0) is 9.31 Å². The highest BCUT2D eigenvalue weighted by Gasteiger charge is 2.51. The summed E-state index contributed by atoms with van der Waals surface area (Å²) in [5, 5.41) is 0.963. The largest absolute Gasteiger partial charge is 0.494 e. The molecule has 1 saturated heterocycles. The summed E-state index contributed by atoms with van der Waals surface area (Å²) in [6.45, 7) is 12.2. The van der Waals surface area contributed by atoms with Gasteiger partial charge in [0.25, 0.3) is 0 Å². The summed E-state index contributed by atoms with van der Waals surface area (Å²) in [5.74, 6) is 0. The molecule has 1 aromatic carbocycles. The molecule has 0 bridgehead atoms. The fraction of sp³-hybridized carbons (Fsp3) is 0.500. The highest BCUT2D eigenvalue weighted by atomic mass is 35.5. The van der Waals surface area contributed by atoms with Gasteiger partial charge in [-0.2, -0.15) is 0 Å². The minimum atomic E-state index is -0.507. The topological polar surface area (TPSA) is 40.5 Å². The minimum absolute atomic E-state index is 0.0765. The normalized spacial score (nSPS) is 19.4. The van der Waals surface area contributed by atoms with Crippen LogP contribution in [0.25, 0.3) is 10.9 Å². The number of benzene rings is 1. The Bertz CT molecular complexity index is 841. The predicted molar refractivity (Wildman–Crippen MR) is 99.3 cm³/mol. The number of halogens is 1. The number of aromatic nitrogens is 1. The Kier molecular flexibility index (Phi) is 4.10. The summed E-state index contributed by atoms with van der Waals surface area (Å²) in [6.07, 6.45) is 1.81. The summed E-state index contributed by atoms with van der Waals surface area (Å²) < 4.78 is 14.3. The predicted octanol–water partition coefficient (Wildman–Crippen LogP) is 3.54. The quantitative estimate of drug-likeness (QED) is 0.780. The van der Waals surface area contributed by atoms with Crippen molar-refractivity contribution in [2.24, 2.45) is 0 Å². The van der Waals surface area contributed by atoms with Crippen LogP contribution in [0, 0.1) is 0 Å². The van der Waals surface area contributed by atoms with Crippen molar-refractivity contribution >= 4 is 35.1 Å². The molecule has 0 atom stereocenters. The molecule has 1 aromatic heterocycles. The van der Waals surface area contributed by atoms with E-state index in [1.165, 1.54) is 0 Å². The lowest BCUT2D eigenvalue weighted by Crippen LogP contribution is -2.41. The highest BCUT2D eigenvalue weighted by Crippen LogP contribution is 2.37. The first-order chi connectivity index (χ1) is 11.0. The maximum Gasteiger partial charge on any atom is 0.494 e. The third-order valence-electron chi connectivity index (χ3n) is 5.08. The molecule has 3 rings (SSSR count). The van der Waals surface area contributed by atoms with Crippen LogP contribution >= 0.6 is 11.6 Å². The fourth-order valence-electron chi connectivity index (χ4n) is 2.94. The Balaban J connectivity index is 2.19. The lowest BCUT2D eigenvalue weighted by Gasteiger charge is -2.32. The molecule has 2 aromatic rings. The van der Waals surface area contributed by atoms with Gasteiger partial charge in [-0.15, -0.1) is 0 Å². The van der Waals surface area contributed by atoms with Crippen molar-refractivity contribution in [3.8, 4) is 0 Å². The first-order valence-electron chi connectivity index (χ1n) is 8.23. The highest BCUT2D eigenvalue weighted by molar-refractivity contribution is 6.63. The number of hydrogen-bond acceptors (Lipinski definition) is 3. The molecule has 0 saturated carbocycles. The van der Waals surface area contributed by atoms with Crippen molar-refractivity contribution in [1.82, 2.24) is 4.57 Å². The molecule has 24 heavy (non-hydrogen) atoms. The van der Waals surface area contributed by atoms with Crippen molar-refractivity contribution in [3.05, 3.63) is 39.6 Å². The van der Waals surface area contributed by atoms with E-state index in [-0.39, 0.29) is 11.5 Å². The lowest BCUT2D eigenvalue weighted by molar-refractivity contribution is 0.00578. The van der Waals surface area contributed by atoms with Crippen molar-refractivity contribution in [3.63, 3.8) is 0 Å². The monoisotopic (exact) mass is 347 g/mol. The van der Waals surface area contributed by atoms with Crippen LogP contribution in [0.4, 0.5) is 0 Å². The van der Waals surface area contributed by atoms with Gasteiger partial charge in [0.05, 0.1) is 27.1 Å². The second-order valence-electron chi connectivity index (χ2n) is 7.67. The molecule has 4 nitrogen and oxygen atoms in total. The molecule has 0 radical (unpaired) electrons. The van der Waals surface area contributed by atoms with E-state index in [1.54, 1.807) is 18.3 Å². The molecule has 1 aliphatic heterocycles. The average Bonchev–Trinajstić information content (AvgIpc) is 2.66. The molecule has 0 unspecified atom stereocenters. The van der Waals surface area contributed by atoms with Crippen LogP contribution < -0.4 is 10.9 Å². The van der Waals surface area contributed by atoms with Gasteiger partial charge in [-0.25, -0.2) is 0 Å². The zero-order chi connectivity index (χ0) is 17.9. The van der Waals surface area contributed by atoms with E-state index in [2.05, 4.69) is 13.8 Å². The van der Waals surface area contributed by atoms with Crippen LogP contribution in [0.5, 0.6) is 0 Å². The van der Waals surface area contributed by atoms with Gasteiger partial charge < -0.3 is 13.9 Å². The minimum Gasteiger partial charge on any atom is -0.399 e. The van der Waals surface area contributed by atoms with Gasteiger partial charge in [-0.1, -0.05) is 11.6 Å². The molecule has 1 aliphatic rings. The van der Waals surface area contributed by atoms with Crippen LogP contribution in [0.15, 0.2) is 29.2 Å². The maximum absolute atomic E-state index is 12.3. The number of fused-ring (bicyclic) bond motifs is 1. The molecule has 0 aliphatic carbocycles. The Morgan fingerprint density at radius 2 is 1.71 bits per heavy atom. The van der Waals surface area contributed by atoms with Gasteiger partial charge in [0, 0.05) is 18.3 Å². The molecule has 1 fully saturated rings. The van der Waals surface area contributed by atoms with Gasteiger partial charge in [-0.05, 0) is 59.1 Å². The standard InChI is InChI=1S/C18H23BClNO3/c1-11(2)21-8-7-15(22)16-13(20)9-12(10-14(16)21)19-23-17(3,4)18(5,6)24-19/h7-11H,1-6H3. The van der Waals surface area contributed by atoms with Gasteiger partial charge in [-0.3, -0.25) is 4.79 Å². The summed E-state index contributed by atoms with van der Waals surface area (Å²) in [7, 11) is -0.507. The zero-order valence-electron chi connectivity index (χ0n) is 15.0.